The molecular formula is C16H14Cl2N2O4. The summed E-state index contributed by atoms with van der Waals surface area (Å²) in [6.07, 6.45) is -0.821. The van der Waals surface area contributed by atoms with Crippen molar-refractivity contribution in [3.05, 3.63) is 62.1 Å². The number of nitro benzene ring substituents is 1. The Kier molecular flexibility index (Phi) is 5.64. The van der Waals surface area contributed by atoms with Crippen LogP contribution in [0.3, 0.4) is 0 Å². The fraction of sp³-hybridized carbons (Fsp3) is 0.188. The SMILES string of the molecule is Cc1cc([N+](=O)[O-])ccc1NC(=O)[C@@H](C)Oc1ccc(Cl)cc1Cl. The van der Waals surface area contributed by atoms with E-state index in [0.29, 0.717) is 27.0 Å². The van der Waals surface area contributed by atoms with Gasteiger partial charge < -0.3 is 10.1 Å². The molecule has 2 aromatic rings. The van der Waals surface area contributed by atoms with E-state index in [1.54, 1.807) is 26.0 Å². The van der Waals surface area contributed by atoms with Gasteiger partial charge in [0.1, 0.15) is 5.75 Å². The average Bonchev–Trinajstić information content (AvgIpc) is 2.51. The van der Waals surface area contributed by atoms with Gasteiger partial charge in [0.05, 0.1) is 9.95 Å². The number of aryl methyl sites for hydroxylation is 1. The predicted molar refractivity (Wildman–Crippen MR) is 93.0 cm³/mol. The topological polar surface area (TPSA) is 81.5 Å². The van der Waals surface area contributed by atoms with Crippen molar-refractivity contribution in [3.8, 4) is 5.75 Å². The van der Waals surface area contributed by atoms with Crippen LogP contribution in [-0.4, -0.2) is 16.9 Å². The number of non-ortho nitro benzene ring substituents is 1. The van der Waals surface area contributed by atoms with E-state index in [0.717, 1.165) is 0 Å². The molecule has 0 radical (unpaired) electrons. The summed E-state index contributed by atoms with van der Waals surface area (Å²) >= 11 is 11.8. The fourth-order valence-electron chi connectivity index (χ4n) is 1.95. The summed E-state index contributed by atoms with van der Waals surface area (Å²) in [5.74, 6) is -0.0675. The van der Waals surface area contributed by atoms with Crippen LogP contribution in [0.4, 0.5) is 11.4 Å². The van der Waals surface area contributed by atoms with Crippen LogP contribution < -0.4 is 10.1 Å². The van der Waals surface area contributed by atoms with Crippen molar-refractivity contribution in [2.45, 2.75) is 20.0 Å². The van der Waals surface area contributed by atoms with Crippen molar-refractivity contribution in [1.82, 2.24) is 0 Å². The molecule has 0 aliphatic carbocycles. The van der Waals surface area contributed by atoms with Gasteiger partial charge in [-0.1, -0.05) is 23.2 Å². The summed E-state index contributed by atoms with van der Waals surface area (Å²) in [6.45, 7) is 3.24. The first-order valence-electron chi connectivity index (χ1n) is 6.95. The molecule has 6 nitrogen and oxygen atoms in total. The Bertz CT molecular complexity index is 796. The second kappa shape index (κ2) is 7.51. The van der Waals surface area contributed by atoms with Gasteiger partial charge in [-0.3, -0.25) is 14.9 Å². The highest BCUT2D eigenvalue weighted by molar-refractivity contribution is 6.35. The minimum absolute atomic E-state index is 0.0391. The number of nitrogens with one attached hydrogen (secondary N) is 1. The Morgan fingerprint density at radius 2 is 1.96 bits per heavy atom. The number of anilines is 1. The van der Waals surface area contributed by atoms with E-state index in [-0.39, 0.29) is 5.69 Å². The summed E-state index contributed by atoms with van der Waals surface area (Å²) < 4.78 is 5.53. The molecule has 24 heavy (non-hydrogen) atoms. The Labute approximate surface area is 148 Å². The van der Waals surface area contributed by atoms with Crippen LogP contribution >= 0.6 is 23.2 Å². The number of nitro groups is 1. The first kappa shape index (κ1) is 18.0. The predicted octanol–water partition coefficient (Wildman–Crippen LogP) is 4.62. The lowest BCUT2D eigenvalue weighted by Gasteiger charge is -2.16. The van der Waals surface area contributed by atoms with Gasteiger partial charge in [0.25, 0.3) is 11.6 Å². The molecule has 8 heteroatoms. The highest BCUT2D eigenvalue weighted by Gasteiger charge is 2.18. The first-order valence-corrected chi connectivity index (χ1v) is 7.71. The van der Waals surface area contributed by atoms with Gasteiger partial charge in [-0.25, -0.2) is 0 Å². The molecule has 0 bridgehead atoms. The zero-order valence-corrected chi connectivity index (χ0v) is 14.4. The minimum Gasteiger partial charge on any atom is -0.479 e. The molecule has 0 saturated carbocycles. The second-order valence-electron chi connectivity index (χ2n) is 5.08. The highest BCUT2D eigenvalue weighted by Crippen LogP contribution is 2.28. The van der Waals surface area contributed by atoms with Gasteiger partial charge in [-0.05, 0) is 43.7 Å². The Morgan fingerprint density at radius 3 is 2.54 bits per heavy atom. The van der Waals surface area contributed by atoms with Gasteiger partial charge in [-0.2, -0.15) is 0 Å². The van der Waals surface area contributed by atoms with E-state index in [1.165, 1.54) is 24.3 Å². The average molecular weight is 369 g/mol. The van der Waals surface area contributed by atoms with E-state index in [9.17, 15) is 14.9 Å². The monoisotopic (exact) mass is 368 g/mol. The van der Waals surface area contributed by atoms with Crippen LogP contribution in [0.5, 0.6) is 5.75 Å². The Balaban J connectivity index is 2.07. The summed E-state index contributed by atoms with van der Waals surface area (Å²) in [6, 6.07) is 8.89. The summed E-state index contributed by atoms with van der Waals surface area (Å²) in [4.78, 5) is 22.5. The van der Waals surface area contributed by atoms with Crippen molar-refractivity contribution in [2.24, 2.45) is 0 Å². The molecule has 0 fully saturated rings. The molecule has 0 unspecified atom stereocenters. The van der Waals surface area contributed by atoms with Crippen molar-refractivity contribution >= 4 is 40.5 Å². The van der Waals surface area contributed by atoms with Crippen molar-refractivity contribution < 1.29 is 14.5 Å². The maximum Gasteiger partial charge on any atom is 0.269 e. The maximum absolute atomic E-state index is 12.2. The van der Waals surface area contributed by atoms with E-state index in [4.69, 9.17) is 27.9 Å². The van der Waals surface area contributed by atoms with E-state index in [1.807, 2.05) is 0 Å². The minimum atomic E-state index is -0.821. The zero-order valence-electron chi connectivity index (χ0n) is 12.9. The third-order valence-corrected chi connectivity index (χ3v) is 3.78. The number of rotatable bonds is 5. The van der Waals surface area contributed by atoms with Crippen molar-refractivity contribution in [1.29, 1.82) is 0 Å². The smallest absolute Gasteiger partial charge is 0.269 e. The molecule has 0 aliphatic heterocycles. The fourth-order valence-corrected chi connectivity index (χ4v) is 2.40. The van der Waals surface area contributed by atoms with Crippen molar-refractivity contribution in [3.63, 3.8) is 0 Å². The second-order valence-corrected chi connectivity index (χ2v) is 5.92. The molecular weight excluding hydrogens is 355 g/mol. The maximum atomic E-state index is 12.2. The van der Waals surface area contributed by atoms with Crippen LogP contribution in [-0.2, 0) is 4.79 Å². The van der Waals surface area contributed by atoms with E-state index in [2.05, 4.69) is 5.32 Å². The number of hydrogen-bond acceptors (Lipinski definition) is 4. The third-order valence-electron chi connectivity index (χ3n) is 3.25. The molecule has 0 aromatic heterocycles. The number of benzene rings is 2. The lowest BCUT2D eigenvalue weighted by atomic mass is 10.1. The molecule has 1 atom stereocenters. The van der Waals surface area contributed by atoms with Crippen LogP contribution in [0.15, 0.2) is 36.4 Å². The van der Waals surface area contributed by atoms with Gasteiger partial charge in [0.2, 0.25) is 0 Å². The molecule has 2 aromatic carbocycles. The van der Waals surface area contributed by atoms with Crippen molar-refractivity contribution in [2.75, 3.05) is 5.32 Å². The number of hydrogen-bond donors (Lipinski definition) is 1. The quantitative estimate of drug-likeness (QED) is 0.616. The molecule has 0 heterocycles. The molecule has 0 saturated heterocycles. The number of ether oxygens (including phenoxy) is 1. The van der Waals surface area contributed by atoms with Gasteiger partial charge >= 0.3 is 0 Å². The van der Waals surface area contributed by atoms with Crippen LogP contribution in [0, 0.1) is 17.0 Å². The Hall–Kier alpha value is -2.31. The highest BCUT2D eigenvalue weighted by atomic mass is 35.5. The molecule has 0 aliphatic rings. The largest absolute Gasteiger partial charge is 0.479 e. The van der Waals surface area contributed by atoms with Gasteiger partial charge in [0.15, 0.2) is 6.10 Å². The molecule has 1 N–H and O–H groups in total. The van der Waals surface area contributed by atoms with Crippen LogP contribution in [0.25, 0.3) is 0 Å². The number of carbonyl (C=O) groups excluding carboxylic acids is 1. The van der Waals surface area contributed by atoms with Gasteiger partial charge in [-0.15, -0.1) is 0 Å². The summed E-state index contributed by atoms with van der Waals surface area (Å²) in [5.41, 5.74) is 1.01. The molecule has 0 spiro atoms. The third kappa shape index (κ3) is 4.37. The number of amides is 1. The number of halogens is 2. The van der Waals surface area contributed by atoms with Crippen LogP contribution in [0.1, 0.15) is 12.5 Å². The summed E-state index contributed by atoms with van der Waals surface area (Å²) in [7, 11) is 0. The van der Waals surface area contributed by atoms with Crippen LogP contribution in [0.2, 0.25) is 10.0 Å². The first-order chi connectivity index (χ1) is 11.3. The lowest BCUT2D eigenvalue weighted by Crippen LogP contribution is -2.30. The zero-order chi connectivity index (χ0) is 17.9. The lowest BCUT2D eigenvalue weighted by molar-refractivity contribution is -0.384. The van der Waals surface area contributed by atoms with Gasteiger partial charge in [0, 0.05) is 22.8 Å². The molecule has 1 amide bonds. The normalized spacial score (nSPS) is 11.7. The number of carbonyl (C=O) groups is 1. The standard InChI is InChI=1S/C16H14Cl2N2O4/c1-9-7-12(20(22)23)4-5-14(9)19-16(21)10(2)24-15-6-3-11(17)8-13(15)18/h3-8,10H,1-2H3,(H,19,21)/t10-/m1/s1. The molecule has 2 rings (SSSR count). The summed E-state index contributed by atoms with van der Waals surface area (Å²) in [5, 5.41) is 14.2. The van der Waals surface area contributed by atoms with E-state index < -0.39 is 16.9 Å². The van der Waals surface area contributed by atoms with E-state index >= 15 is 0 Å². The number of nitrogens with zero attached hydrogens (tertiary/aromatic N) is 1. The molecule has 126 valence electrons. The Morgan fingerprint density at radius 1 is 1.25 bits per heavy atom.